The number of rotatable bonds is 3. The van der Waals surface area contributed by atoms with Crippen LogP contribution in [-0.2, 0) is 6.42 Å². The van der Waals surface area contributed by atoms with Gasteiger partial charge in [-0.3, -0.25) is 0 Å². The van der Waals surface area contributed by atoms with E-state index in [9.17, 15) is 8.78 Å². The minimum absolute atomic E-state index is 0.0709. The summed E-state index contributed by atoms with van der Waals surface area (Å²) in [6.07, 6.45) is -1.54. The van der Waals surface area contributed by atoms with Crippen molar-refractivity contribution < 1.29 is 8.78 Å². The van der Waals surface area contributed by atoms with Gasteiger partial charge in [0.15, 0.2) is 0 Å². The third-order valence-corrected chi connectivity index (χ3v) is 2.04. The van der Waals surface area contributed by atoms with E-state index in [4.69, 9.17) is 0 Å². The molecule has 1 aromatic rings. The van der Waals surface area contributed by atoms with Crippen LogP contribution in [-0.4, -0.2) is 7.05 Å². The molecule has 0 saturated carbocycles. The maximum Gasteiger partial charge on any atom is 0.263 e. The lowest BCUT2D eigenvalue weighted by Crippen LogP contribution is -1.96. The molecule has 0 radical (unpaired) electrons. The predicted molar refractivity (Wildman–Crippen MR) is 50.3 cm³/mol. The second kappa shape index (κ2) is 4.21. The zero-order valence-corrected chi connectivity index (χ0v) is 7.77. The van der Waals surface area contributed by atoms with E-state index in [0.29, 0.717) is 0 Å². The van der Waals surface area contributed by atoms with Crippen molar-refractivity contribution in [2.75, 3.05) is 12.4 Å². The van der Waals surface area contributed by atoms with Gasteiger partial charge < -0.3 is 5.32 Å². The van der Waals surface area contributed by atoms with Crippen molar-refractivity contribution in [2.45, 2.75) is 19.8 Å². The molecule has 0 heterocycles. The van der Waals surface area contributed by atoms with Crippen LogP contribution in [0.15, 0.2) is 18.2 Å². The fourth-order valence-electron chi connectivity index (χ4n) is 1.27. The Morgan fingerprint density at radius 1 is 1.38 bits per heavy atom. The Bertz CT molecular complexity index is 284. The molecule has 0 amide bonds. The molecule has 72 valence electrons. The Labute approximate surface area is 76.8 Å². The summed E-state index contributed by atoms with van der Waals surface area (Å²) in [6, 6.07) is 4.72. The summed E-state index contributed by atoms with van der Waals surface area (Å²) < 4.78 is 24.6. The molecular formula is C10H13F2N. The molecule has 0 aromatic heterocycles. The highest BCUT2D eigenvalue weighted by Gasteiger charge is 2.08. The summed E-state index contributed by atoms with van der Waals surface area (Å²) in [6.45, 7) is 2.00. The average Bonchev–Trinajstić information content (AvgIpc) is 2.16. The Morgan fingerprint density at radius 2 is 2.08 bits per heavy atom. The lowest BCUT2D eigenvalue weighted by atomic mass is 10.1. The number of alkyl halides is 2. The molecule has 1 aromatic carbocycles. The van der Waals surface area contributed by atoms with E-state index in [-0.39, 0.29) is 5.56 Å². The normalized spacial score (nSPS) is 10.5. The molecule has 0 aliphatic rings. The van der Waals surface area contributed by atoms with E-state index < -0.39 is 6.43 Å². The third-order valence-electron chi connectivity index (χ3n) is 2.04. The highest BCUT2D eigenvalue weighted by molar-refractivity contribution is 5.53. The van der Waals surface area contributed by atoms with Gasteiger partial charge in [-0.2, -0.15) is 0 Å². The van der Waals surface area contributed by atoms with Gasteiger partial charge in [0, 0.05) is 18.3 Å². The monoisotopic (exact) mass is 185 g/mol. The van der Waals surface area contributed by atoms with Crippen LogP contribution in [0.3, 0.4) is 0 Å². The van der Waals surface area contributed by atoms with E-state index in [1.165, 1.54) is 12.1 Å². The van der Waals surface area contributed by atoms with Crippen LogP contribution in [0.25, 0.3) is 0 Å². The van der Waals surface area contributed by atoms with E-state index in [1.54, 1.807) is 13.1 Å². The molecule has 1 rings (SSSR count). The summed E-state index contributed by atoms with van der Waals surface area (Å²) in [5.41, 5.74) is 1.92. The molecule has 1 N–H and O–H groups in total. The van der Waals surface area contributed by atoms with Crippen LogP contribution in [0.5, 0.6) is 0 Å². The van der Waals surface area contributed by atoms with Crippen molar-refractivity contribution in [1.29, 1.82) is 0 Å². The lowest BCUT2D eigenvalue weighted by molar-refractivity contribution is 0.151. The molecule has 0 atom stereocenters. The summed E-state index contributed by atoms with van der Waals surface area (Å²) in [5.74, 6) is 0. The van der Waals surface area contributed by atoms with Crippen LogP contribution in [0.1, 0.15) is 24.5 Å². The van der Waals surface area contributed by atoms with Crippen molar-refractivity contribution in [3.05, 3.63) is 29.3 Å². The zero-order valence-electron chi connectivity index (χ0n) is 7.77. The molecule has 0 aliphatic heterocycles. The topological polar surface area (TPSA) is 12.0 Å². The van der Waals surface area contributed by atoms with E-state index in [0.717, 1.165) is 17.7 Å². The Kier molecular flexibility index (Phi) is 3.23. The van der Waals surface area contributed by atoms with Crippen LogP contribution >= 0.6 is 0 Å². The summed E-state index contributed by atoms with van der Waals surface area (Å²) in [4.78, 5) is 0. The highest BCUT2D eigenvalue weighted by Crippen LogP contribution is 2.24. The number of hydrogen-bond donors (Lipinski definition) is 1. The molecule has 1 nitrogen and oxygen atoms in total. The second-order valence-corrected chi connectivity index (χ2v) is 2.82. The first-order chi connectivity index (χ1) is 6.19. The van der Waals surface area contributed by atoms with Gasteiger partial charge in [-0.05, 0) is 18.1 Å². The van der Waals surface area contributed by atoms with Gasteiger partial charge in [0.05, 0.1) is 0 Å². The number of benzene rings is 1. The average molecular weight is 185 g/mol. The van der Waals surface area contributed by atoms with Crippen LogP contribution in [0.2, 0.25) is 0 Å². The van der Waals surface area contributed by atoms with Crippen LogP contribution in [0, 0.1) is 0 Å². The van der Waals surface area contributed by atoms with Crippen molar-refractivity contribution in [3.8, 4) is 0 Å². The number of hydrogen-bond acceptors (Lipinski definition) is 1. The fraction of sp³-hybridized carbons (Fsp3) is 0.400. The van der Waals surface area contributed by atoms with E-state index >= 15 is 0 Å². The zero-order chi connectivity index (χ0) is 9.84. The smallest absolute Gasteiger partial charge is 0.263 e. The predicted octanol–water partition coefficient (Wildman–Crippen LogP) is 3.23. The molecule has 13 heavy (non-hydrogen) atoms. The van der Waals surface area contributed by atoms with Gasteiger partial charge in [0.2, 0.25) is 0 Å². The molecule has 3 heteroatoms. The number of nitrogens with one attached hydrogen (secondary N) is 1. The van der Waals surface area contributed by atoms with Crippen LogP contribution < -0.4 is 5.32 Å². The molecule has 0 spiro atoms. The van der Waals surface area contributed by atoms with Gasteiger partial charge in [-0.15, -0.1) is 0 Å². The SMILES string of the molecule is CCc1ccc(C(F)F)cc1NC. The van der Waals surface area contributed by atoms with Gasteiger partial charge in [0.25, 0.3) is 6.43 Å². The summed E-state index contributed by atoms with van der Waals surface area (Å²) in [5, 5.41) is 2.91. The Balaban J connectivity index is 3.05. The number of anilines is 1. The van der Waals surface area contributed by atoms with E-state index in [2.05, 4.69) is 5.32 Å². The fourth-order valence-corrected chi connectivity index (χ4v) is 1.27. The first kappa shape index (κ1) is 9.96. The summed E-state index contributed by atoms with van der Waals surface area (Å²) in [7, 11) is 1.74. The Morgan fingerprint density at radius 3 is 2.54 bits per heavy atom. The van der Waals surface area contributed by atoms with Crippen molar-refractivity contribution in [3.63, 3.8) is 0 Å². The first-order valence-electron chi connectivity index (χ1n) is 4.27. The quantitative estimate of drug-likeness (QED) is 0.762. The van der Waals surface area contributed by atoms with Gasteiger partial charge in [-0.1, -0.05) is 19.1 Å². The Hall–Kier alpha value is -1.12. The van der Waals surface area contributed by atoms with Crippen molar-refractivity contribution in [1.82, 2.24) is 0 Å². The maximum atomic E-state index is 12.3. The van der Waals surface area contributed by atoms with E-state index in [1.807, 2.05) is 6.92 Å². The molecule has 0 saturated heterocycles. The van der Waals surface area contributed by atoms with Gasteiger partial charge in [0.1, 0.15) is 0 Å². The van der Waals surface area contributed by atoms with Gasteiger partial charge >= 0.3 is 0 Å². The molecule has 0 unspecified atom stereocenters. The minimum atomic E-state index is -2.39. The van der Waals surface area contributed by atoms with Crippen LogP contribution in [0.4, 0.5) is 14.5 Å². The maximum absolute atomic E-state index is 12.3. The van der Waals surface area contributed by atoms with Gasteiger partial charge in [-0.25, -0.2) is 8.78 Å². The third kappa shape index (κ3) is 2.17. The first-order valence-corrected chi connectivity index (χ1v) is 4.27. The minimum Gasteiger partial charge on any atom is -0.388 e. The molecule has 0 aliphatic carbocycles. The number of aryl methyl sites for hydroxylation is 1. The standard InChI is InChI=1S/C10H13F2N/c1-3-7-4-5-8(10(11)12)6-9(7)13-2/h4-6,10,13H,3H2,1-2H3. The summed E-state index contributed by atoms with van der Waals surface area (Å²) >= 11 is 0. The molecule has 0 fully saturated rings. The highest BCUT2D eigenvalue weighted by atomic mass is 19.3. The van der Waals surface area contributed by atoms with Crippen molar-refractivity contribution >= 4 is 5.69 Å². The lowest BCUT2D eigenvalue weighted by Gasteiger charge is -2.09. The van der Waals surface area contributed by atoms with Crippen molar-refractivity contribution in [2.24, 2.45) is 0 Å². The number of halogens is 2. The largest absolute Gasteiger partial charge is 0.388 e. The molecular weight excluding hydrogens is 172 g/mol. The molecule has 0 bridgehead atoms. The second-order valence-electron chi connectivity index (χ2n) is 2.82.